The summed E-state index contributed by atoms with van der Waals surface area (Å²) in [5, 5.41) is 3.76. The summed E-state index contributed by atoms with van der Waals surface area (Å²) in [4.78, 5) is 20.2. The zero-order valence-electron chi connectivity index (χ0n) is 11.6. The van der Waals surface area contributed by atoms with Crippen LogP contribution in [0.1, 0.15) is 16.8 Å². The Bertz CT molecular complexity index is 587. The molecule has 0 aliphatic heterocycles. The Hall–Kier alpha value is -1.88. The van der Waals surface area contributed by atoms with Gasteiger partial charge in [-0.2, -0.15) is 0 Å². The molecule has 104 valence electrons. The van der Waals surface area contributed by atoms with Crippen LogP contribution in [0, 0.1) is 13.8 Å². The van der Waals surface area contributed by atoms with Gasteiger partial charge in [-0.1, -0.05) is 17.8 Å². The monoisotopic (exact) mass is 287 g/mol. The van der Waals surface area contributed by atoms with Gasteiger partial charge in [0, 0.05) is 24.6 Å². The fourth-order valence-electron chi connectivity index (χ4n) is 1.73. The van der Waals surface area contributed by atoms with E-state index in [9.17, 15) is 4.79 Å². The van der Waals surface area contributed by atoms with Crippen LogP contribution in [0.4, 0.5) is 0 Å². The third kappa shape index (κ3) is 4.35. The maximum Gasteiger partial charge on any atom is 0.230 e. The van der Waals surface area contributed by atoms with Gasteiger partial charge in [0.15, 0.2) is 0 Å². The van der Waals surface area contributed by atoms with Gasteiger partial charge >= 0.3 is 0 Å². The van der Waals surface area contributed by atoms with Crippen molar-refractivity contribution in [1.82, 2.24) is 15.3 Å². The number of carbonyl (C=O) groups excluding carboxylic acids is 1. The van der Waals surface area contributed by atoms with Crippen LogP contribution in [0.25, 0.3) is 0 Å². The van der Waals surface area contributed by atoms with Crippen molar-refractivity contribution in [3.63, 3.8) is 0 Å². The second kappa shape index (κ2) is 7.05. The number of aromatic nitrogens is 2. The van der Waals surface area contributed by atoms with E-state index in [0.29, 0.717) is 12.3 Å². The van der Waals surface area contributed by atoms with Crippen molar-refractivity contribution in [3.05, 3.63) is 53.5 Å². The molecule has 2 heterocycles. The van der Waals surface area contributed by atoms with E-state index in [1.165, 1.54) is 11.8 Å². The maximum absolute atomic E-state index is 11.8. The molecule has 0 fully saturated rings. The Kier molecular flexibility index (Phi) is 5.12. The zero-order chi connectivity index (χ0) is 14.4. The molecule has 0 atom stereocenters. The van der Waals surface area contributed by atoms with Gasteiger partial charge in [0.05, 0.1) is 10.8 Å². The summed E-state index contributed by atoms with van der Waals surface area (Å²) < 4.78 is 0. The fourth-order valence-corrected chi connectivity index (χ4v) is 2.42. The van der Waals surface area contributed by atoms with E-state index < -0.39 is 0 Å². The molecule has 0 radical (unpaired) electrons. The van der Waals surface area contributed by atoms with Crippen LogP contribution in [0.3, 0.4) is 0 Å². The Morgan fingerprint density at radius 3 is 2.85 bits per heavy atom. The second-order valence-corrected chi connectivity index (χ2v) is 5.48. The molecule has 4 nitrogen and oxygen atoms in total. The van der Waals surface area contributed by atoms with Crippen LogP contribution in [-0.4, -0.2) is 21.6 Å². The summed E-state index contributed by atoms with van der Waals surface area (Å²) in [5.74, 6) is 0.371. The molecular formula is C15H17N3OS. The van der Waals surface area contributed by atoms with Gasteiger partial charge in [-0.25, -0.2) is 4.98 Å². The first-order valence-corrected chi connectivity index (χ1v) is 7.36. The molecule has 0 saturated carbocycles. The number of amides is 1. The van der Waals surface area contributed by atoms with Gasteiger partial charge in [0.2, 0.25) is 5.91 Å². The minimum absolute atomic E-state index is 0.000582. The van der Waals surface area contributed by atoms with Gasteiger partial charge in [0.1, 0.15) is 0 Å². The summed E-state index contributed by atoms with van der Waals surface area (Å²) in [7, 11) is 0. The van der Waals surface area contributed by atoms with Crippen molar-refractivity contribution in [1.29, 1.82) is 0 Å². The van der Waals surface area contributed by atoms with Gasteiger partial charge in [-0.15, -0.1) is 0 Å². The number of hydrogen-bond acceptors (Lipinski definition) is 4. The van der Waals surface area contributed by atoms with Crippen molar-refractivity contribution in [2.75, 3.05) is 5.75 Å². The minimum Gasteiger partial charge on any atom is -0.351 e. The van der Waals surface area contributed by atoms with E-state index >= 15 is 0 Å². The number of thioether (sulfide) groups is 1. The van der Waals surface area contributed by atoms with Crippen LogP contribution < -0.4 is 5.32 Å². The molecule has 1 amide bonds. The normalized spacial score (nSPS) is 10.3. The summed E-state index contributed by atoms with van der Waals surface area (Å²) >= 11 is 1.43. The van der Waals surface area contributed by atoms with E-state index in [4.69, 9.17) is 0 Å². The standard InChI is InChI=1S/C15H17N3OS/c1-11-7-12(2)17-8-13(11)9-18-14(19)10-20-15-5-3-4-6-16-15/h3-8H,9-10H2,1-2H3,(H,18,19). The molecule has 0 unspecified atom stereocenters. The van der Waals surface area contributed by atoms with E-state index in [-0.39, 0.29) is 5.91 Å². The Balaban J connectivity index is 1.80. The predicted molar refractivity (Wildman–Crippen MR) is 80.5 cm³/mol. The third-order valence-electron chi connectivity index (χ3n) is 2.82. The molecular weight excluding hydrogens is 270 g/mol. The van der Waals surface area contributed by atoms with Crippen LogP contribution in [-0.2, 0) is 11.3 Å². The minimum atomic E-state index is 0.000582. The molecule has 2 rings (SSSR count). The number of carbonyl (C=O) groups is 1. The fraction of sp³-hybridized carbons (Fsp3) is 0.267. The molecule has 0 bridgehead atoms. The highest BCUT2D eigenvalue weighted by molar-refractivity contribution is 7.99. The number of rotatable bonds is 5. The summed E-state index contributed by atoms with van der Waals surface area (Å²) in [6.07, 6.45) is 3.54. The first-order chi connectivity index (χ1) is 9.65. The molecule has 0 saturated heterocycles. The molecule has 0 aliphatic rings. The van der Waals surface area contributed by atoms with Crippen LogP contribution in [0.2, 0.25) is 0 Å². The average molecular weight is 287 g/mol. The Morgan fingerprint density at radius 1 is 1.30 bits per heavy atom. The lowest BCUT2D eigenvalue weighted by atomic mass is 10.1. The first-order valence-electron chi connectivity index (χ1n) is 6.38. The van der Waals surface area contributed by atoms with Crippen LogP contribution >= 0.6 is 11.8 Å². The van der Waals surface area contributed by atoms with Crippen molar-refractivity contribution in [2.45, 2.75) is 25.4 Å². The van der Waals surface area contributed by atoms with Gasteiger partial charge in [0.25, 0.3) is 0 Å². The molecule has 0 aromatic carbocycles. The lowest BCUT2D eigenvalue weighted by Gasteiger charge is -2.08. The zero-order valence-corrected chi connectivity index (χ0v) is 12.4. The van der Waals surface area contributed by atoms with E-state index in [1.54, 1.807) is 6.20 Å². The van der Waals surface area contributed by atoms with E-state index in [0.717, 1.165) is 21.8 Å². The van der Waals surface area contributed by atoms with Gasteiger partial charge in [-0.3, -0.25) is 9.78 Å². The topological polar surface area (TPSA) is 54.9 Å². The molecule has 0 spiro atoms. The summed E-state index contributed by atoms with van der Waals surface area (Å²) in [5.41, 5.74) is 3.19. The van der Waals surface area contributed by atoms with Gasteiger partial charge in [-0.05, 0) is 43.2 Å². The van der Waals surface area contributed by atoms with E-state index in [2.05, 4.69) is 15.3 Å². The van der Waals surface area contributed by atoms with Crippen LogP contribution in [0.15, 0.2) is 41.7 Å². The molecule has 2 aromatic heterocycles. The third-order valence-corrected chi connectivity index (χ3v) is 3.76. The maximum atomic E-state index is 11.8. The highest BCUT2D eigenvalue weighted by Crippen LogP contribution is 2.13. The summed E-state index contributed by atoms with van der Waals surface area (Å²) in [6.45, 7) is 4.50. The lowest BCUT2D eigenvalue weighted by Crippen LogP contribution is -2.25. The average Bonchev–Trinajstić information content (AvgIpc) is 2.45. The number of aryl methyl sites for hydroxylation is 2. The SMILES string of the molecule is Cc1cc(C)c(CNC(=O)CSc2ccccn2)cn1. The summed E-state index contributed by atoms with van der Waals surface area (Å²) in [6, 6.07) is 7.68. The molecule has 5 heteroatoms. The smallest absolute Gasteiger partial charge is 0.230 e. The van der Waals surface area contributed by atoms with Crippen LogP contribution in [0.5, 0.6) is 0 Å². The quantitative estimate of drug-likeness (QED) is 0.859. The number of pyridine rings is 2. The predicted octanol–water partition coefficient (Wildman–Crippen LogP) is 2.50. The lowest BCUT2D eigenvalue weighted by molar-refractivity contribution is -0.118. The molecule has 0 aliphatic carbocycles. The second-order valence-electron chi connectivity index (χ2n) is 4.49. The molecule has 20 heavy (non-hydrogen) atoms. The largest absolute Gasteiger partial charge is 0.351 e. The number of nitrogens with zero attached hydrogens (tertiary/aromatic N) is 2. The Labute approximate surface area is 123 Å². The van der Waals surface area contributed by atoms with Gasteiger partial charge < -0.3 is 5.32 Å². The molecule has 2 aromatic rings. The van der Waals surface area contributed by atoms with E-state index in [1.807, 2.05) is 44.3 Å². The molecule has 1 N–H and O–H groups in total. The first kappa shape index (κ1) is 14.5. The Morgan fingerprint density at radius 2 is 2.15 bits per heavy atom. The highest BCUT2D eigenvalue weighted by atomic mass is 32.2. The van der Waals surface area contributed by atoms with Crippen molar-refractivity contribution in [2.24, 2.45) is 0 Å². The highest BCUT2D eigenvalue weighted by Gasteiger charge is 2.05. The van der Waals surface area contributed by atoms with Crippen molar-refractivity contribution in [3.8, 4) is 0 Å². The number of hydrogen-bond donors (Lipinski definition) is 1. The van der Waals surface area contributed by atoms with Crippen molar-refractivity contribution >= 4 is 17.7 Å². The number of nitrogens with one attached hydrogen (secondary N) is 1. The van der Waals surface area contributed by atoms with Crippen molar-refractivity contribution < 1.29 is 4.79 Å².